The van der Waals surface area contributed by atoms with Crippen LogP contribution in [0.3, 0.4) is 0 Å². The summed E-state index contributed by atoms with van der Waals surface area (Å²) in [6.45, 7) is 5.63. The molecule has 0 amide bonds. The Labute approximate surface area is 164 Å². The Hall–Kier alpha value is -0.970. The highest BCUT2D eigenvalue weighted by atomic mass is 35.5. The molecule has 3 fully saturated rings. The molecule has 4 nitrogen and oxygen atoms in total. The highest BCUT2D eigenvalue weighted by Gasteiger charge is 2.71. The van der Waals surface area contributed by atoms with Crippen molar-refractivity contribution in [3.63, 3.8) is 0 Å². The van der Waals surface area contributed by atoms with Crippen molar-refractivity contribution < 1.29 is 19.8 Å². The lowest BCUT2D eigenvalue weighted by Gasteiger charge is -2.57. The van der Waals surface area contributed by atoms with E-state index in [0.717, 1.165) is 18.4 Å². The Morgan fingerprint density at radius 2 is 2.00 bits per heavy atom. The number of hydrogen-bond acceptors (Lipinski definition) is 4. The van der Waals surface area contributed by atoms with E-state index < -0.39 is 17.1 Å². The zero-order chi connectivity index (χ0) is 19.5. The minimum Gasteiger partial charge on any atom is -0.393 e. The van der Waals surface area contributed by atoms with E-state index in [1.807, 2.05) is 13.0 Å². The summed E-state index contributed by atoms with van der Waals surface area (Å²) in [5.41, 5.74) is -1.33. The molecule has 0 aromatic rings. The van der Waals surface area contributed by atoms with Crippen LogP contribution in [-0.4, -0.2) is 33.5 Å². The summed E-state index contributed by atoms with van der Waals surface area (Å²) in [4.78, 5) is 24.6. The number of Topliss-reactive ketones (excluding diaryl/α,β-unsaturated/α-hetero) is 1. The second-order valence-electron chi connectivity index (χ2n) is 10.1. The van der Waals surface area contributed by atoms with E-state index in [1.54, 1.807) is 6.08 Å². The first-order valence-electron chi connectivity index (χ1n) is 10.1. The standard InChI is InChI=1S/C22H27ClO4/c1-10(24)22(27)9-18(26)19-12-7-16(23)15-8-17(25)11-6-14(11)21(15,3)13(12)4-5-20(19,22)2/h7-8,11-14,18-19,26-27H,4-6,9H2,1-3H3/t11-,12-,13+,14-,18-,19-,20+,21+,22+/m1/s1. The number of fused-ring (bicyclic) bond motifs is 7. The zero-order valence-corrected chi connectivity index (χ0v) is 16.8. The second-order valence-corrected chi connectivity index (χ2v) is 10.5. The van der Waals surface area contributed by atoms with Crippen LogP contribution in [0.2, 0.25) is 0 Å². The Morgan fingerprint density at radius 3 is 2.67 bits per heavy atom. The van der Waals surface area contributed by atoms with Gasteiger partial charge in [-0.3, -0.25) is 9.59 Å². The van der Waals surface area contributed by atoms with Crippen molar-refractivity contribution in [3.8, 4) is 0 Å². The molecule has 0 aromatic heterocycles. The summed E-state index contributed by atoms with van der Waals surface area (Å²) >= 11 is 6.70. The van der Waals surface area contributed by atoms with Gasteiger partial charge in [-0.15, -0.1) is 0 Å². The van der Waals surface area contributed by atoms with E-state index in [4.69, 9.17) is 11.6 Å². The molecular formula is C22H27ClO4. The number of aliphatic hydroxyl groups is 2. The van der Waals surface area contributed by atoms with Crippen LogP contribution in [0.25, 0.3) is 0 Å². The number of carbonyl (C=O) groups excluding carboxylic acids is 2. The Balaban J connectivity index is 1.64. The number of aliphatic hydroxyl groups excluding tert-OH is 1. The fourth-order valence-corrected chi connectivity index (χ4v) is 8.02. The number of allylic oxidation sites excluding steroid dienone is 4. The van der Waals surface area contributed by atoms with Crippen LogP contribution in [0.1, 0.15) is 46.5 Å². The van der Waals surface area contributed by atoms with Crippen molar-refractivity contribution in [1.82, 2.24) is 0 Å². The van der Waals surface area contributed by atoms with Gasteiger partial charge >= 0.3 is 0 Å². The van der Waals surface area contributed by atoms with E-state index in [9.17, 15) is 19.8 Å². The summed E-state index contributed by atoms with van der Waals surface area (Å²) in [5.74, 6) is 0.477. The monoisotopic (exact) mass is 390 g/mol. The first-order valence-corrected chi connectivity index (χ1v) is 10.5. The van der Waals surface area contributed by atoms with E-state index in [0.29, 0.717) is 17.4 Å². The lowest BCUT2D eigenvalue weighted by Crippen LogP contribution is -2.57. The number of halogens is 1. The highest BCUT2D eigenvalue weighted by molar-refractivity contribution is 6.32. The van der Waals surface area contributed by atoms with E-state index in [2.05, 4.69) is 6.92 Å². The predicted octanol–water partition coefficient (Wildman–Crippen LogP) is 3.01. The van der Waals surface area contributed by atoms with Gasteiger partial charge < -0.3 is 10.2 Å². The summed E-state index contributed by atoms with van der Waals surface area (Å²) < 4.78 is 0. The van der Waals surface area contributed by atoms with Gasteiger partial charge in [0.2, 0.25) is 0 Å². The molecule has 27 heavy (non-hydrogen) atoms. The lowest BCUT2D eigenvalue weighted by molar-refractivity contribution is -0.157. The van der Waals surface area contributed by atoms with Gasteiger partial charge in [0.1, 0.15) is 5.60 Å². The molecular weight excluding hydrogens is 364 g/mol. The van der Waals surface area contributed by atoms with E-state index >= 15 is 0 Å². The van der Waals surface area contributed by atoms with Gasteiger partial charge in [0.15, 0.2) is 11.6 Å². The third kappa shape index (κ3) is 1.93. The van der Waals surface area contributed by atoms with Crippen LogP contribution in [0.4, 0.5) is 0 Å². The third-order valence-corrected chi connectivity index (χ3v) is 9.53. The lowest BCUT2D eigenvalue weighted by atomic mass is 9.47. The van der Waals surface area contributed by atoms with Gasteiger partial charge in [-0.05, 0) is 55.6 Å². The fraction of sp³-hybridized carbons (Fsp3) is 0.727. The molecule has 0 unspecified atom stereocenters. The minimum atomic E-state index is -1.48. The summed E-state index contributed by atoms with van der Waals surface area (Å²) in [7, 11) is 0. The molecule has 0 aliphatic heterocycles. The zero-order valence-electron chi connectivity index (χ0n) is 16.0. The Morgan fingerprint density at radius 1 is 1.30 bits per heavy atom. The van der Waals surface area contributed by atoms with Crippen molar-refractivity contribution in [2.24, 2.45) is 40.4 Å². The van der Waals surface area contributed by atoms with Crippen molar-refractivity contribution in [1.29, 1.82) is 0 Å². The normalized spacial score (nSPS) is 55.6. The first-order chi connectivity index (χ1) is 12.6. The van der Waals surface area contributed by atoms with E-state index in [-0.39, 0.29) is 47.1 Å². The third-order valence-electron chi connectivity index (χ3n) is 9.20. The molecule has 9 atom stereocenters. The van der Waals surface area contributed by atoms with Gasteiger partial charge in [0.25, 0.3) is 0 Å². The van der Waals surface area contributed by atoms with Gasteiger partial charge in [0.05, 0.1) is 6.10 Å². The summed E-state index contributed by atoms with van der Waals surface area (Å²) in [5, 5.41) is 22.8. The molecule has 2 N–H and O–H groups in total. The molecule has 0 spiro atoms. The Bertz CT molecular complexity index is 830. The smallest absolute Gasteiger partial charge is 0.161 e. The quantitative estimate of drug-likeness (QED) is 0.721. The van der Waals surface area contributed by atoms with Crippen LogP contribution in [0.15, 0.2) is 22.8 Å². The van der Waals surface area contributed by atoms with E-state index in [1.165, 1.54) is 6.92 Å². The molecule has 5 aliphatic carbocycles. The molecule has 0 bridgehead atoms. The minimum absolute atomic E-state index is 0.0104. The highest BCUT2D eigenvalue weighted by Crippen LogP contribution is 2.72. The van der Waals surface area contributed by atoms with Crippen LogP contribution >= 0.6 is 11.6 Å². The summed E-state index contributed by atoms with van der Waals surface area (Å²) in [6, 6.07) is 0. The maximum Gasteiger partial charge on any atom is 0.161 e. The topological polar surface area (TPSA) is 74.6 Å². The van der Waals surface area contributed by atoms with Gasteiger partial charge in [-0.2, -0.15) is 0 Å². The second kappa shape index (κ2) is 5.14. The van der Waals surface area contributed by atoms with Crippen molar-refractivity contribution in [3.05, 3.63) is 22.8 Å². The maximum atomic E-state index is 12.3. The number of carbonyl (C=O) groups is 2. The van der Waals surface area contributed by atoms with Crippen LogP contribution in [-0.2, 0) is 9.59 Å². The molecule has 146 valence electrons. The van der Waals surface area contributed by atoms with Crippen molar-refractivity contribution in [2.45, 2.75) is 58.2 Å². The van der Waals surface area contributed by atoms with Gasteiger partial charge in [-0.25, -0.2) is 0 Å². The molecule has 0 aromatic carbocycles. The molecule has 0 heterocycles. The average Bonchev–Trinajstić information content (AvgIpc) is 3.35. The maximum absolute atomic E-state index is 12.3. The molecule has 5 rings (SSSR count). The van der Waals surface area contributed by atoms with Gasteiger partial charge in [0, 0.05) is 34.1 Å². The predicted molar refractivity (Wildman–Crippen MR) is 101 cm³/mol. The number of hydrogen-bond donors (Lipinski definition) is 2. The number of rotatable bonds is 1. The fourth-order valence-electron chi connectivity index (χ4n) is 7.62. The van der Waals surface area contributed by atoms with Crippen molar-refractivity contribution in [2.75, 3.05) is 0 Å². The Kier molecular flexibility index (Phi) is 3.44. The van der Waals surface area contributed by atoms with Crippen molar-refractivity contribution >= 4 is 23.2 Å². The number of ketones is 2. The van der Waals surface area contributed by atoms with Crippen LogP contribution < -0.4 is 0 Å². The molecule has 0 radical (unpaired) electrons. The summed E-state index contributed by atoms with van der Waals surface area (Å²) in [6.07, 6.45) is 5.62. The molecule has 5 heteroatoms. The van der Waals surface area contributed by atoms with Crippen LogP contribution in [0.5, 0.6) is 0 Å². The molecule has 5 aliphatic rings. The first kappa shape index (κ1) is 18.1. The SMILES string of the molecule is CC(=O)[C@@]1(O)C[C@@H](O)[C@H]2[C@@H]3C=C(Cl)C4=CC(=O)[C@@H]5C[C@H]5[C@]4(C)[C@H]3CC[C@@]21C. The van der Waals surface area contributed by atoms with Crippen LogP contribution in [0, 0.1) is 40.4 Å². The molecule has 0 saturated heterocycles. The molecule has 3 saturated carbocycles. The van der Waals surface area contributed by atoms with Gasteiger partial charge in [-0.1, -0.05) is 31.5 Å². The largest absolute Gasteiger partial charge is 0.393 e. The average molecular weight is 391 g/mol.